The molecule has 0 saturated heterocycles. The molecule has 0 fully saturated rings. The number of carbonyl (C=O) groups is 1. The first-order valence-corrected chi connectivity index (χ1v) is 8.06. The molecule has 0 bridgehead atoms. The first-order chi connectivity index (χ1) is 10.3. The number of fused-ring (bicyclic) bond motifs is 1. The van der Waals surface area contributed by atoms with Crippen molar-refractivity contribution in [2.75, 3.05) is 18.8 Å². The molecule has 0 aliphatic carbocycles. The molecule has 1 aromatic carbocycles. The Morgan fingerprint density at radius 1 is 1.33 bits per heavy atom. The molecule has 3 N–H and O–H groups in total. The number of nitrogens with zero attached hydrogens (tertiary/aromatic N) is 1. The molecule has 1 aromatic heterocycles. The Morgan fingerprint density at radius 3 is 3.05 bits per heavy atom. The van der Waals surface area contributed by atoms with Gasteiger partial charge in [-0.25, -0.2) is 0 Å². The zero-order valence-corrected chi connectivity index (χ0v) is 12.5. The van der Waals surface area contributed by atoms with E-state index in [1.165, 1.54) is 4.90 Å². The van der Waals surface area contributed by atoms with E-state index in [0.29, 0.717) is 18.8 Å². The van der Waals surface area contributed by atoms with Gasteiger partial charge in [0.05, 0.1) is 0 Å². The molecule has 1 aliphatic rings. The van der Waals surface area contributed by atoms with Gasteiger partial charge < -0.3 is 10.6 Å². The van der Waals surface area contributed by atoms with E-state index in [1.807, 2.05) is 18.2 Å². The predicted octanol–water partition coefficient (Wildman–Crippen LogP) is 1.58. The third-order valence-electron chi connectivity index (χ3n) is 3.42. The van der Waals surface area contributed by atoms with Crippen LogP contribution in [-0.2, 0) is 13.0 Å². The second-order valence-corrected chi connectivity index (χ2v) is 6.04. The van der Waals surface area contributed by atoms with E-state index in [4.69, 9.17) is 0 Å². The van der Waals surface area contributed by atoms with E-state index in [9.17, 15) is 4.79 Å². The van der Waals surface area contributed by atoms with Crippen molar-refractivity contribution >= 4 is 17.7 Å². The number of rotatable bonds is 5. The molecule has 0 atom stereocenters. The number of hydrogen-bond acceptors (Lipinski definition) is 4. The van der Waals surface area contributed by atoms with Crippen LogP contribution in [-0.4, -0.2) is 34.9 Å². The van der Waals surface area contributed by atoms with Crippen LogP contribution in [0.3, 0.4) is 0 Å². The average molecular weight is 302 g/mol. The Balaban J connectivity index is 1.49. The molecular formula is C15H18N4OS. The SMILES string of the molecule is O=C(NCCSc1ccccc1)c1n[nH]c2c1CNCC2. The monoisotopic (exact) mass is 302 g/mol. The van der Waals surface area contributed by atoms with Crippen LogP contribution in [0.15, 0.2) is 35.2 Å². The summed E-state index contributed by atoms with van der Waals surface area (Å²) in [5.41, 5.74) is 2.62. The molecule has 2 aromatic rings. The molecule has 3 rings (SSSR count). The summed E-state index contributed by atoms with van der Waals surface area (Å²) in [5.74, 6) is 0.755. The fourth-order valence-electron chi connectivity index (χ4n) is 2.35. The molecule has 21 heavy (non-hydrogen) atoms. The standard InChI is InChI=1S/C15H18N4OS/c20-15(14-12-10-16-7-6-13(12)18-19-14)17-8-9-21-11-4-2-1-3-5-11/h1-5,16H,6-10H2,(H,17,20)(H,18,19). The molecule has 0 radical (unpaired) electrons. The maximum atomic E-state index is 12.2. The van der Waals surface area contributed by atoms with Crippen molar-refractivity contribution in [3.05, 3.63) is 47.3 Å². The lowest BCUT2D eigenvalue weighted by molar-refractivity contribution is 0.0950. The summed E-state index contributed by atoms with van der Waals surface area (Å²) in [6.07, 6.45) is 0.902. The summed E-state index contributed by atoms with van der Waals surface area (Å²) in [6.45, 7) is 2.28. The average Bonchev–Trinajstić information content (AvgIpc) is 2.96. The van der Waals surface area contributed by atoms with Crippen LogP contribution >= 0.6 is 11.8 Å². The number of nitrogens with one attached hydrogen (secondary N) is 3. The van der Waals surface area contributed by atoms with Crippen molar-refractivity contribution in [1.82, 2.24) is 20.8 Å². The quantitative estimate of drug-likeness (QED) is 0.579. The molecule has 110 valence electrons. The van der Waals surface area contributed by atoms with Gasteiger partial charge in [-0.15, -0.1) is 11.8 Å². The van der Waals surface area contributed by atoms with Crippen molar-refractivity contribution in [3.63, 3.8) is 0 Å². The number of aromatic nitrogens is 2. The van der Waals surface area contributed by atoms with E-state index in [-0.39, 0.29) is 5.91 Å². The normalized spacial score (nSPS) is 13.7. The van der Waals surface area contributed by atoms with Crippen LogP contribution < -0.4 is 10.6 Å². The second kappa shape index (κ2) is 6.78. The van der Waals surface area contributed by atoms with E-state index < -0.39 is 0 Å². The third kappa shape index (κ3) is 3.46. The van der Waals surface area contributed by atoms with Crippen molar-refractivity contribution in [1.29, 1.82) is 0 Å². The van der Waals surface area contributed by atoms with Crippen LogP contribution in [0, 0.1) is 0 Å². The first kappa shape index (κ1) is 14.2. The third-order valence-corrected chi connectivity index (χ3v) is 4.43. The summed E-state index contributed by atoms with van der Waals surface area (Å²) in [7, 11) is 0. The Bertz CT molecular complexity index is 611. The van der Waals surface area contributed by atoms with Crippen LogP contribution in [0.1, 0.15) is 21.7 Å². The lowest BCUT2D eigenvalue weighted by Gasteiger charge is -2.12. The molecular weight excluding hydrogens is 284 g/mol. The maximum absolute atomic E-state index is 12.2. The Kier molecular flexibility index (Phi) is 4.57. The van der Waals surface area contributed by atoms with E-state index in [0.717, 1.165) is 30.0 Å². The number of benzene rings is 1. The van der Waals surface area contributed by atoms with Gasteiger partial charge in [-0.1, -0.05) is 18.2 Å². The molecule has 1 amide bonds. The summed E-state index contributed by atoms with van der Waals surface area (Å²) >= 11 is 1.73. The molecule has 0 saturated carbocycles. The van der Waals surface area contributed by atoms with Crippen LogP contribution in [0.2, 0.25) is 0 Å². The summed E-state index contributed by atoms with van der Waals surface area (Å²) in [6, 6.07) is 10.2. The van der Waals surface area contributed by atoms with Gasteiger partial charge in [-0.2, -0.15) is 5.10 Å². The zero-order chi connectivity index (χ0) is 14.5. The molecule has 0 spiro atoms. The number of thioether (sulfide) groups is 1. The van der Waals surface area contributed by atoms with Crippen LogP contribution in [0.25, 0.3) is 0 Å². The van der Waals surface area contributed by atoms with Crippen molar-refractivity contribution < 1.29 is 4.79 Å². The second-order valence-electron chi connectivity index (χ2n) is 4.87. The molecule has 5 nitrogen and oxygen atoms in total. The van der Waals surface area contributed by atoms with Gasteiger partial charge in [-0.05, 0) is 12.1 Å². The Morgan fingerprint density at radius 2 is 2.19 bits per heavy atom. The number of hydrogen-bond donors (Lipinski definition) is 3. The van der Waals surface area contributed by atoms with Gasteiger partial charge in [-0.3, -0.25) is 9.89 Å². The van der Waals surface area contributed by atoms with Gasteiger partial charge in [0, 0.05) is 48.0 Å². The molecule has 2 heterocycles. The fourth-order valence-corrected chi connectivity index (χ4v) is 3.14. The maximum Gasteiger partial charge on any atom is 0.272 e. The highest BCUT2D eigenvalue weighted by Gasteiger charge is 2.20. The van der Waals surface area contributed by atoms with Crippen LogP contribution in [0.5, 0.6) is 0 Å². The lowest BCUT2D eigenvalue weighted by Crippen LogP contribution is -2.29. The van der Waals surface area contributed by atoms with Gasteiger partial charge in [0.25, 0.3) is 5.91 Å². The number of carbonyl (C=O) groups excluding carboxylic acids is 1. The summed E-state index contributed by atoms with van der Waals surface area (Å²) < 4.78 is 0. The fraction of sp³-hybridized carbons (Fsp3) is 0.333. The predicted molar refractivity (Wildman–Crippen MR) is 83.5 cm³/mol. The Labute approximate surface area is 127 Å². The van der Waals surface area contributed by atoms with Crippen molar-refractivity contribution in [3.8, 4) is 0 Å². The smallest absolute Gasteiger partial charge is 0.272 e. The summed E-state index contributed by atoms with van der Waals surface area (Å²) in [4.78, 5) is 13.4. The first-order valence-electron chi connectivity index (χ1n) is 7.07. The highest BCUT2D eigenvalue weighted by atomic mass is 32.2. The Hall–Kier alpha value is -1.79. The minimum absolute atomic E-state index is 0.0927. The topological polar surface area (TPSA) is 69.8 Å². The highest BCUT2D eigenvalue weighted by molar-refractivity contribution is 7.99. The van der Waals surface area contributed by atoms with E-state index >= 15 is 0 Å². The minimum Gasteiger partial charge on any atom is -0.350 e. The van der Waals surface area contributed by atoms with E-state index in [1.54, 1.807) is 11.8 Å². The van der Waals surface area contributed by atoms with Gasteiger partial charge in [0.1, 0.15) is 0 Å². The van der Waals surface area contributed by atoms with Crippen molar-refractivity contribution in [2.24, 2.45) is 0 Å². The largest absolute Gasteiger partial charge is 0.350 e. The molecule has 0 unspecified atom stereocenters. The number of amides is 1. The van der Waals surface area contributed by atoms with Crippen LogP contribution in [0.4, 0.5) is 0 Å². The summed E-state index contributed by atoms with van der Waals surface area (Å²) in [5, 5.41) is 13.3. The van der Waals surface area contributed by atoms with E-state index in [2.05, 4.69) is 33.0 Å². The number of H-pyrrole nitrogens is 1. The van der Waals surface area contributed by atoms with Crippen molar-refractivity contribution in [2.45, 2.75) is 17.9 Å². The zero-order valence-electron chi connectivity index (χ0n) is 11.7. The molecule has 1 aliphatic heterocycles. The number of aromatic amines is 1. The lowest BCUT2D eigenvalue weighted by atomic mass is 10.1. The molecule has 6 heteroatoms. The van der Waals surface area contributed by atoms with Gasteiger partial charge >= 0.3 is 0 Å². The van der Waals surface area contributed by atoms with Gasteiger partial charge in [0.15, 0.2) is 5.69 Å². The highest BCUT2D eigenvalue weighted by Crippen LogP contribution is 2.17. The van der Waals surface area contributed by atoms with Gasteiger partial charge in [0.2, 0.25) is 0 Å². The minimum atomic E-state index is -0.0927.